The van der Waals surface area contributed by atoms with Crippen molar-refractivity contribution in [1.29, 1.82) is 0 Å². The topological polar surface area (TPSA) is 77.0 Å². The van der Waals surface area contributed by atoms with E-state index in [1.807, 2.05) is 19.9 Å². The molecule has 0 amide bonds. The normalized spacial score (nSPS) is 16.6. The molecule has 0 aliphatic carbocycles. The van der Waals surface area contributed by atoms with Crippen LogP contribution in [-0.2, 0) is 10.0 Å². The molecule has 0 radical (unpaired) electrons. The smallest absolute Gasteiger partial charge is 0.215 e. The fourth-order valence-corrected chi connectivity index (χ4v) is 4.76. The number of nitrogens with zero attached hydrogens (tertiary/aromatic N) is 3. The lowest BCUT2D eigenvalue weighted by molar-refractivity contribution is 0.444. The minimum absolute atomic E-state index is 0.0713. The third-order valence-electron chi connectivity index (χ3n) is 4.93. The van der Waals surface area contributed by atoms with Gasteiger partial charge < -0.3 is 15.5 Å². The summed E-state index contributed by atoms with van der Waals surface area (Å²) in [7, 11) is -1.50. The minimum Gasteiger partial charge on any atom is -0.371 e. The van der Waals surface area contributed by atoms with Crippen LogP contribution in [-0.4, -0.2) is 70.2 Å². The maximum Gasteiger partial charge on any atom is 0.215 e. The molecular formula is C19H33N5O2S. The molecule has 0 spiro atoms. The lowest BCUT2D eigenvalue weighted by Crippen LogP contribution is -2.49. The molecule has 0 bridgehead atoms. The summed E-state index contributed by atoms with van der Waals surface area (Å²) in [6.45, 7) is 7.07. The zero-order valence-electron chi connectivity index (χ0n) is 16.7. The van der Waals surface area contributed by atoms with Crippen LogP contribution in [0.5, 0.6) is 0 Å². The number of rotatable bonds is 8. The largest absolute Gasteiger partial charge is 0.371 e. The maximum absolute atomic E-state index is 12.2. The molecule has 0 aromatic heterocycles. The van der Waals surface area contributed by atoms with Crippen molar-refractivity contribution in [2.75, 3.05) is 50.4 Å². The van der Waals surface area contributed by atoms with Crippen molar-refractivity contribution >= 4 is 21.7 Å². The number of anilines is 1. The molecule has 1 aliphatic rings. The number of piperidine rings is 1. The second-order valence-electron chi connectivity index (χ2n) is 6.64. The predicted octanol–water partition coefficient (Wildman–Crippen LogP) is 1.49. The first-order chi connectivity index (χ1) is 13.0. The molecule has 0 unspecified atom stereocenters. The molecule has 1 aromatic rings. The van der Waals surface area contributed by atoms with Gasteiger partial charge in [0.05, 0.1) is 5.75 Å². The van der Waals surface area contributed by atoms with E-state index in [2.05, 4.69) is 44.8 Å². The molecule has 1 heterocycles. The number of sulfonamides is 1. The van der Waals surface area contributed by atoms with Gasteiger partial charge in [0.2, 0.25) is 10.0 Å². The van der Waals surface area contributed by atoms with Crippen LogP contribution in [0.3, 0.4) is 0 Å². The van der Waals surface area contributed by atoms with Gasteiger partial charge in [0.25, 0.3) is 0 Å². The highest BCUT2D eigenvalue weighted by Gasteiger charge is 2.21. The Hall–Kier alpha value is -1.80. The summed E-state index contributed by atoms with van der Waals surface area (Å²) in [5.41, 5.74) is 1.26. The van der Waals surface area contributed by atoms with E-state index in [0.29, 0.717) is 31.6 Å². The van der Waals surface area contributed by atoms with Crippen LogP contribution in [0.4, 0.5) is 5.69 Å². The maximum atomic E-state index is 12.2. The van der Waals surface area contributed by atoms with Crippen molar-refractivity contribution < 1.29 is 8.42 Å². The summed E-state index contributed by atoms with van der Waals surface area (Å²) >= 11 is 0. The zero-order chi connectivity index (χ0) is 19.7. The number of hydrogen-bond donors (Lipinski definition) is 2. The van der Waals surface area contributed by atoms with E-state index in [1.165, 1.54) is 9.99 Å². The predicted molar refractivity (Wildman–Crippen MR) is 113 cm³/mol. The molecule has 1 aliphatic heterocycles. The van der Waals surface area contributed by atoms with E-state index in [9.17, 15) is 8.42 Å². The Morgan fingerprint density at radius 3 is 2.37 bits per heavy atom. The van der Waals surface area contributed by atoms with Crippen LogP contribution < -0.4 is 15.5 Å². The average Bonchev–Trinajstić information content (AvgIpc) is 2.69. The number of guanidine groups is 1. The summed E-state index contributed by atoms with van der Waals surface area (Å²) < 4.78 is 26.0. The van der Waals surface area contributed by atoms with Gasteiger partial charge in [-0.1, -0.05) is 32.0 Å². The van der Waals surface area contributed by atoms with Crippen LogP contribution >= 0.6 is 0 Å². The number of benzene rings is 1. The van der Waals surface area contributed by atoms with Gasteiger partial charge >= 0.3 is 0 Å². The van der Waals surface area contributed by atoms with Crippen molar-refractivity contribution in [2.24, 2.45) is 4.99 Å². The van der Waals surface area contributed by atoms with Crippen LogP contribution in [0.2, 0.25) is 0 Å². The quantitative estimate of drug-likeness (QED) is 0.515. The Balaban J connectivity index is 1.76. The van der Waals surface area contributed by atoms with E-state index >= 15 is 0 Å². The first-order valence-electron chi connectivity index (χ1n) is 9.75. The zero-order valence-corrected chi connectivity index (χ0v) is 17.5. The van der Waals surface area contributed by atoms with Crippen molar-refractivity contribution in [3.05, 3.63) is 30.3 Å². The van der Waals surface area contributed by atoms with Gasteiger partial charge in [-0.25, -0.2) is 12.7 Å². The van der Waals surface area contributed by atoms with E-state index in [-0.39, 0.29) is 5.75 Å². The molecule has 2 N–H and O–H groups in total. The molecule has 0 saturated carbocycles. The van der Waals surface area contributed by atoms with Crippen molar-refractivity contribution in [1.82, 2.24) is 14.9 Å². The second-order valence-corrected chi connectivity index (χ2v) is 8.73. The Labute approximate surface area is 163 Å². The average molecular weight is 396 g/mol. The molecule has 0 atom stereocenters. The van der Waals surface area contributed by atoms with Gasteiger partial charge in [0, 0.05) is 51.5 Å². The molecule has 27 heavy (non-hydrogen) atoms. The lowest BCUT2D eigenvalue weighted by Gasteiger charge is -2.34. The van der Waals surface area contributed by atoms with E-state index in [0.717, 1.165) is 25.9 Å². The standard InChI is InChI=1S/C19H33N5O2S/c1-4-24(5-2)27(25,26)16-13-21-19(20-3)22-17-11-14-23(15-12-17)18-9-7-6-8-10-18/h6-10,17H,4-5,11-16H2,1-3H3,(H2,20,21,22). The van der Waals surface area contributed by atoms with Crippen LogP contribution in [0.1, 0.15) is 26.7 Å². The lowest BCUT2D eigenvalue weighted by atomic mass is 10.0. The molecule has 2 rings (SSSR count). The van der Waals surface area contributed by atoms with Crippen LogP contribution in [0, 0.1) is 0 Å². The first-order valence-corrected chi connectivity index (χ1v) is 11.4. The van der Waals surface area contributed by atoms with Gasteiger partial charge in [-0.15, -0.1) is 0 Å². The monoisotopic (exact) mass is 395 g/mol. The van der Waals surface area contributed by atoms with Gasteiger partial charge in [-0.05, 0) is 25.0 Å². The molecule has 1 aromatic carbocycles. The second kappa shape index (κ2) is 10.5. The fraction of sp³-hybridized carbons (Fsp3) is 0.632. The van der Waals surface area contributed by atoms with E-state index in [1.54, 1.807) is 7.05 Å². The number of nitrogens with one attached hydrogen (secondary N) is 2. The third kappa shape index (κ3) is 6.39. The van der Waals surface area contributed by atoms with Crippen molar-refractivity contribution in [2.45, 2.75) is 32.7 Å². The highest BCUT2D eigenvalue weighted by molar-refractivity contribution is 7.89. The Morgan fingerprint density at radius 2 is 1.81 bits per heavy atom. The summed E-state index contributed by atoms with van der Waals surface area (Å²) in [6, 6.07) is 10.8. The summed E-state index contributed by atoms with van der Waals surface area (Å²) in [5.74, 6) is 0.741. The summed E-state index contributed by atoms with van der Waals surface area (Å²) in [5, 5.41) is 6.56. The molecule has 1 fully saturated rings. The van der Waals surface area contributed by atoms with Crippen molar-refractivity contribution in [3.63, 3.8) is 0 Å². The highest BCUT2D eigenvalue weighted by atomic mass is 32.2. The van der Waals surface area contributed by atoms with Crippen LogP contribution in [0.15, 0.2) is 35.3 Å². The SMILES string of the molecule is CCN(CC)S(=O)(=O)CCNC(=NC)NC1CCN(c2ccccc2)CC1. The number of hydrogen-bond acceptors (Lipinski definition) is 4. The van der Waals surface area contributed by atoms with Gasteiger partial charge in [-0.3, -0.25) is 4.99 Å². The Bertz CT molecular complexity index is 681. The molecular weight excluding hydrogens is 362 g/mol. The van der Waals surface area contributed by atoms with E-state index < -0.39 is 10.0 Å². The molecule has 8 heteroatoms. The first kappa shape index (κ1) is 21.5. The Morgan fingerprint density at radius 1 is 1.19 bits per heavy atom. The van der Waals surface area contributed by atoms with Gasteiger partial charge in [-0.2, -0.15) is 0 Å². The summed E-state index contributed by atoms with van der Waals surface area (Å²) in [4.78, 5) is 6.63. The molecule has 7 nitrogen and oxygen atoms in total. The fourth-order valence-electron chi connectivity index (χ4n) is 3.35. The number of aliphatic imine (C=N–C) groups is 1. The molecule has 152 valence electrons. The summed E-state index contributed by atoms with van der Waals surface area (Å²) in [6.07, 6.45) is 2.04. The van der Waals surface area contributed by atoms with Crippen molar-refractivity contribution in [3.8, 4) is 0 Å². The highest BCUT2D eigenvalue weighted by Crippen LogP contribution is 2.19. The number of para-hydroxylation sites is 1. The third-order valence-corrected chi connectivity index (χ3v) is 6.96. The van der Waals surface area contributed by atoms with Gasteiger partial charge in [0.1, 0.15) is 0 Å². The van der Waals surface area contributed by atoms with Crippen LogP contribution in [0.25, 0.3) is 0 Å². The Kier molecular flexibility index (Phi) is 8.37. The van der Waals surface area contributed by atoms with Gasteiger partial charge in [0.15, 0.2) is 5.96 Å². The van der Waals surface area contributed by atoms with E-state index in [4.69, 9.17) is 0 Å². The minimum atomic E-state index is -3.22. The molecule has 1 saturated heterocycles.